The average molecular weight is 279 g/mol. The largest absolute Gasteiger partial charge is 1.00 e. The normalized spacial score (nSPS) is 9.63. The zero-order valence-corrected chi connectivity index (χ0v) is 12.0. The monoisotopic (exact) mass is 278 g/mol. The van der Waals surface area contributed by atoms with Gasteiger partial charge in [0, 0.05) is 11.4 Å². The van der Waals surface area contributed by atoms with Gasteiger partial charge in [-0.05, 0) is 39.0 Å². The lowest BCUT2D eigenvalue weighted by Gasteiger charge is -2.11. The highest BCUT2D eigenvalue weighted by molar-refractivity contribution is 5.62. The van der Waals surface area contributed by atoms with Crippen LogP contribution in [0.25, 0.3) is 0 Å². The van der Waals surface area contributed by atoms with Gasteiger partial charge in [0.2, 0.25) is 5.95 Å². The average Bonchev–Trinajstić information content (AvgIpc) is 2.30. The lowest BCUT2D eigenvalue weighted by atomic mass is 10.3. The fraction of sp³-hybridized carbons (Fsp3) is 0.286. The summed E-state index contributed by atoms with van der Waals surface area (Å²) in [5.74, 6) is 1.41. The second-order valence-electron chi connectivity index (χ2n) is 4.03. The molecule has 0 aliphatic carbocycles. The third kappa shape index (κ3) is 4.10. The summed E-state index contributed by atoms with van der Waals surface area (Å²) < 4.78 is 5.55. The van der Waals surface area contributed by atoms with E-state index < -0.39 is 0 Å². The molecule has 0 saturated carbocycles. The molecule has 19 heavy (non-hydrogen) atoms. The molecule has 0 radical (unpaired) electrons. The van der Waals surface area contributed by atoms with Crippen LogP contribution in [-0.4, -0.2) is 16.6 Å². The van der Waals surface area contributed by atoms with E-state index in [1.165, 1.54) is 0 Å². The Morgan fingerprint density at radius 2 is 1.74 bits per heavy atom. The highest BCUT2D eigenvalue weighted by Gasteiger charge is 2.05. The molecule has 1 aromatic carbocycles. The zero-order chi connectivity index (χ0) is 13.0. The molecular weight excluding hydrogens is 262 g/mol. The zero-order valence-electron chi connectivity index (χ0n) is 11.3. The summed E-state index contributed by atoms with van der Waals surface area (Å²) in [7, 11) is 0. The van der Waals surface area contributed by atoms with Crippen molar-refractivity contribution in [1.82, 2.24) is 9.97 Å². The number of aryl methyl sites for hydroxylation is 2. The molecule has 102 valence electrons. The lowest BCUT2D eigenvalue weighted by molar-refractivity contribution is -0.00000461. The molecule has 0 unspecified atom stereocenters. The number of nitrogens with one attached hydrogen (secondary N) is 1. The summed E-state index contributed by atoms with van der Waals surface area (Å²) in [5.41, 5.74) is 2.77. The van der Waals surface area contributed by atoms with Gasteiger partial charge in [0.15, 0.2) is 0 Å². The molecule has 1 N–H and O–H groups in total. The molecule has 2 rings (SSSR count). The molecule has 1 heterocycles. The smallest absolute Gasteiger partial charge is 0.227 e. The fourth-order valence-electron chi connectivity index (χ4n) is 1.75. The minimum absolute atomic E-state index is 0. The van der Waals surface area contributed by atoms with Gasteiger partial charge in [0.25, 0.3) is 0 Å². The quantitative estimate of drug-likeness (QED) is 0.870. The highest BCUT2D eigenvalue weighted by atomic mass is 35.5. The van der Waals surface area contributed by atoms with E-state index in [-0.39, 0.29) is 12.4 Å². The van der Waals surface area contributed by atoms with Crippen LogP contribution < -0.4 is 22.5 Å². The second kappa shape index (κ2) is 6.95. The summed E-state index contributed by atoms with van der Waals surface area (Å²) in [6.07, 6.45) is 0. The Kier molecular flexibility index (Phi) is 5.57. The van der Waals surface area contributed by atoms with Crippen molar-refractivity contribution in [2.45, 2.75) is 20.8 Å². The number of halogens is 1. The van der Waals surface area contributed by atoms with E-state index in [1.807, 2.05) is 51.1 Å². The lowest BCUT2D eigenvalue weighted by Crippen LogP contribution is -3.00. The van der Waals surface area contributed by atoms with Crippen molar-refractivity contribution >= 4 is 11.6 Å². The van der Waals surface area contributed by atoms with Crippen LogP contribution in [0.4, 0.5) is 11.6 Å². The predicted octanol–water partition coefficient (Wildman–Crippen LogP) is 0.240. The SMILES string of the molecule is CCOc1ccccc1Nc1nc(C)cc(C)n1.[Cl-]. The first-order valence-corrected chi connectivity index (χ1v) is 6.00. The van der Waals surface area contributed by atoms with Crippen LogP contribution in [0.15, 0.2) is 30.3 Å². The summed E-state index contributed by atoms with van der Waals surface area (Å²) in [5, 5.41) is 3.19. The van der Waals surface area contributed by atoms with E-state index in [0.717, 1.165) is 22.8 Å². The van der Waals surface area contributed by atoms with Crippen LogP contribution in [-0.2, 0) is 0 Å². The van der Waals surface area contributed by atoms with Crippen molar-refractivity contribution in [3.8, 4) is 5.75 Å². The maximum atomic E-state index is 5.55. The number of nitrogens with zero attached hydrogens (tertiary/aromatic N) is 2. The van der Waals surface area contributed by atoms with Crippen LogP contribution in [0.5, 0.6) is 5.75 Å². The number of anilines is 2. The van der Waals surface area contributed by atoms with Gasteiger partial charge in [0.1, 0.15) is 5.75 Å². The van der Waals surface area contributed by atoms with Crippen LogP contribution in [0.2, 0.25) is 0 Å². The van der Waals surface area contributed by atoms with Crippen LogP contribution >= 0.6 is 0 Å². The third-order valence-electron chi connectivity index (χ3n) is 2.42. The first-order chi connectivity index (χ1) is 8.69. The molecule has 0 aliphatic rings. The topological polar surface area (TPSA) is 47.0 Å². The number of ether oxygens (including phenoxy) is 1. The van der Waals surface area contributed by atoms with Crippen molar-refractivity contribution in [2.75, 3.05) is 11.9 Å². The minimum Gasteiger partial charge on any atom is -1.00 e. The van der Waals surface area contributed by atoms with Gasteiger partial charge in [-0.25, -0.2) is 9.97 Å². The molecule has 0 saturated heterocycles. The van der Waals surface area contributed by atoms with Gasteiger partial charge in [-0.2, -0.15) is 0 Å². The van der Waals surface area contributed by atoms with Crippen molar-refractivity contribution in [3.05, 3.63) is 41.7 Å². The van der Waals surface area contributed by atoms with E-state index >= 15 is 0 Å². The van der Waals surface area contributed by atoms with Crippen LogP contribution in [0.3, 0.4) is 0 Å². The molecular formula is C14H17ClN3O-. The fourth-order valence-corrected chi connectivity index (χ4v) is 1.75. The van der Waals surface area contributed by atoms with Crippen LogP contribution in [0, 0.1) is 13.8 Å². The highest BCUT2D eigenvalue weighted by Crippen LogP contribution is 2.26. The molecule has 0 atom stereocenters. The van der Waals surface area contributed by atoms with E-state index in [4.69, 9.17) is 4.74 Å². The number of hydrogen-bond acceptors (Lipinski definition) is 4. The Balaban J connectivity index is 0.00000180. The molecule has 4 nitrogen and oxygen atoms in total. The van der Waals surface area contributed by atoms with Crippen molar-refractivity contribution in [1.29, 1.82) is 0 Å². The summed E-state index contributed by atoms with van der Waals surface area (Å²) in [6.45, 7) is 6.50. The van der Waals surface area contributed by atoms with E-state index in [0.29, 0.717) is 12.6 Å². The second-order valence-corrected chi connectivity index (χ2v) is 4.03. The summed E-state index contributed by atoms with van der Waals surface area (Å²) in [6, 6.07) is 9.71. The van der Waals surface area contributed by atoms with E-state index in [1.54, 1.807) is 0 Å². The van der Waals surface area contributed by atoms with Gasteiger partial charge >= 0.3 is 0 Å². The Morgan fingerprint density at radius 3 is 2.37 bits per heavy atom. The van der Waals surface area contributed by atoms with Gasteiger partial charge in [-0.3, -0.25) is 0 Å². The Hall–Kier alpha value is -1.81. The summed E-state index contributed by atoms with van der Waals surface area (Å²) in [4.78, 5) is 8.71. The van der Waals surface area contributed by atoms with Crippen molar-refractivity contribution in [2.24, 2.45) is 0 Å². The Bertz CT molecular complexity index is 526. The van der Waals surface area contributed by atoms with E-state index in [2.05, 4.69) is 15.3 Å². The molecule has 1 aromatic heterocycles. The minimum atomic E-state index is 0. The van der Waals surface area contributed by atoms with Gasteiger partial charge in [-0.15, -0.1) is 0 Å². The number of para-hydroxylation sites is 2. The van der Waals surface area contributed by atoms with Crippen molar-refractivity contribution in [3.63, 3.8) is 0 Å². The van der Waals surface area contributed by atoms with E-state index in [9.17, 15) is 0 Å². The number of aromatic nitrogens is 2. The predicted molar refractivity (Wildman–Crippen MR) is 72.4 cm³/mol. The molecule has 0 bridgehead atoms. The Morgan fingerprint density at radius 1 is 1.11 bits per heavy atom. The number of hydrogen-bond donors (Lipinski definition) is 1. The third-order valence-corrected chi connectivity index (χ3v) is 2.42. The summed E-state index contributed by atoms with van der Waals surface area (Å²) >= 11 is 0. The molecule has 0 aliphatic heterocycles. The first-order valence-electron chi connectivity index (χ1n) is 6.00. The maximum absolute atomic E-state index is 5.55. The maximum Gasteiger partial charge on any atom is 0.227 e. The molecule has 0 spiro atoms. The number of benzene rings is 1. The van der Waals surface area contributed by atoms with Gasteiger partial charge < -0.3 is 22.5 Å². The molecule has 5 heteroatoms. The molecule has 0 fully saturated rings. The first kappa shape index (κ1) is 15.2. The Labute approximate surface area is 119 Å². The number of rotatable bonds is 4. The van der Waals surface area contributed by atoms with Crippen LogP contribution in [0.1, 0.15) is 18.3 Å². The molecule has 2 aromatic rings. The molecule has 0 amide bonds. The van der Waals surface area contributed by atoms with Crippen molar-refractivity contribution < 1.29 is 17.1 Å². The van der Waals surface area contributed by atoms with Gasteiger partial charge in [-0.1, -0.05) is 12.1 Å². The van der Waals surface area contributed by atoms with Gasteiger partial charge in [0.05, 0.1) is 12.3 Å². The standard InChI is InChI=1S/C14H17N3O.ClH/c1-4-18-13-8-6-5-7-12(13)17-14-15-10(2)9-11(3)16-14;/h5-9H,4H2,1-3H3,(H,15,16,17);1H/p-1.